The van der Waals surface area contributed by atoms with Crippen molar-refractivity contribution in [2.75, 3.05) is 12.4 Å². The van der Waals surface area contributed by atoms with E-state index in [9.17, 15) is 14.4 Å². The Kier molecular flexibility index (Phi) is 5.90. The van der Waals surface area contributed by atoms with Gasteiger partial charge in [0.2, 0.25) is 0 Å². The summed E-state index contributed by atoms with van der Waals surface area (Å²) in [5.74, 6) is 0.170. The van der Waals surface area contributed by atoms with Crippen molar-refractivity contribution in [1.82, 2.24) is 19.1 Å². The van der Waals surface area contributed by atoms with E-state index in [-0.39, 0.29) is 34.8 Å². The fourth-order valence-electron chi connectivity index (χ4n) is 2.46. The maximum absolute atomic E-state index is 12.6. The Balaban J connectivity index is 2.67. The topological polar surface area (TPSA) is 96.1 Å². The molecule has 0 atom stereocenters. The smallest absolute Gasteiger partial charge is 0.332 e. The van der Waals surface area contributed by atoms with Crippen LogP contribution in [0.15, 0.2) is 14.6 Å². The molecule has 142 valence electrons. The van der Waals surface area contributed by atoms with Gasteiger partial charge < -0.3 is 4.74 Å². The van der Waals surface area contributed by atoms with E-state index < -0.39 is 11.2 Å². The largest absolute Gasteiger partial charge is 0.465 e. The fourth-order valence-corrected chi connectivity index (χ4v) is 3.29. The summed E-state index contributed by atoms with van der Waals surface area (Å²) in [5, 5.41) is 0.625. The van der Waals surface area contributed by atoms with Gasteiger partial charge in [0, 0.05) is 20.5 Å². The summed E-state index contributed by atoms with van der Waals surface area (Å²) in [7, 11) is 2.98. The van der Waals surface area contributed by atoms with Gasteiger partial charge in [0.1, 0.15) is 16.2 Å². The lowest BCUT2D eigenvalue weighted by Crippen LogP contribution is -2.38. The Labute approximate surface area is 155 Å². The van der Waals surface area contributed by atoms with Crippen LogP contribution < -0.4 is 11.2 Å². The second kappa shape index (κ2) is 7.61. The number of carbonyl (C=O) groups excluding carboxylic acids is 1. The zero-order chi connectivity index (χ0) is 19.6. The maximum atomic E-state index is 12.6. The summed E-state index contributed by atoms with van der Waals surface area (Å²) in [4.78, 5) is 45.6. The van der Waals surface area contributed by atoms with Gasteiger partial charge in [-0.25, -0.2) is 14.8 Å². The first kappa shape index (κ1) is 20.2. The van der Waals surface area contributed by atoms with Crippen LogP contribution in [0.4, 0.5) is 0 Å². The third-order valence-electron chi connectivity index (χ3n) is 3.63. The molecule has 0 amide bonds. The lowest BCUT2D eigenvalue weighted by atomic mass is 9.92. The molecule has 0 aliphatic carbocycles. The van der Waals surface area contributed by atoms with Crippen molar-refractivity contribution in [2.24, 2.45) is 19.5 Å². The van der Waals surface area contributed by atoms with Gasteiger partial charge in [-0.05, 0) is 12.3 Å². The predicted molar refractivity (Wildman–Crippen MR) is 101 cm³/mol. The van der Waals surface area contributed by atoms with Gasteiger partial charge in [-0.15, -0.1) is 0 Å². The second-order valence-electron chi connectivity index (χ2n) is 7.18. The van der Waals surface area contributed by atoms with E-state index in [1.165, 1.54) is 11.6 Å². The number of ether oxygens (including phenoxy) is 1. The Morgan fingerprint density at radius 3 is 2.38 bits per heavy atom. The second-order valence-corrected chi connectivity index (χ2v) is 8.14. The van der Waals surface area contributed by atoms with Gasteiger partial charge in [-0.2, -0.15) is 0 Å². The number of fused-ring (bicyclic) bond motifs is 1. The molecule has 0 N–H and O–H groups in total. The molecular formula is C17H24N4O4S. The summed E-state index contributed by atoms with van der Waals surface area (Å²) in [5.41, 5.74) is -0.727. The van der Waals surface area contributed by atoms with Crippen LogP contribution >= 0.6 is 11.8 Å². The molecule has 0 spiro atoms. The van der Waals surface area contributed by atoms with Crippen LogP contribution in [0.5, 0.6) is 0 Å². The van der Waals surface area contributed by atoms with Crippen LogP contribution in [0.25, 0.3) is 11.0 Å². The summed E-state index contributed by atoms with van der Waals surface area (Å²) in [6.45, 7) is 8.17. The SMILES string of the molecule is CCOC(=O)CSc1nc(CC(C)(C)C)nc2c1c(=O)n(C)c(=O)n2C. The Morgan fingerprint density at radius 2 is 1.81 bits per heavy atom. The molecule has 0 saturated heterocycles. The molecule has 0 bridgehead atoms. The number of esters is 1. The third-order valence-corrected chi connectivity index (χ3v) is 4.58. The highest BCUT2D eigenvalue weighted by molar-refractivity contribution is 8.00. The molecule has 26 heavy (non-hydrogen) atoms. The molecule has 2 heterocycles. The number of aryl methyl sites for hydroxylation is 1. The number of rotatable bonds is 5. The van der Waals surface area contributed by atoms with E-state index in [0.717, 1.165) is 16.3 Å². The Hall–Kier alpha value is -2.16. The minimum Gasteiger partial charge on any atom is -0.465 e. The highest BCUT2D eigenvalue weighted by atomic mass is 32.2. The quantitative estimate of drug-likeness (QED) is 0.438. The molecule has 0 fully saturated rings. The average molecular weight is 380 g/mol. The van der Waals surface area contributed by atoms with E-state index in [2.05, 4.69) is 30.7 Å². The van der Waals surface area contributed by atoms with Crippen molar-refractivity contribution in [3.63, 3.8) is 0 Å². The van der Waals surface area contributed by atoms with Crippen molar-refractivity contribution in [1.29, 1.82) is 0 Å². The minimum absolute atomic E-state index is 0.0287. The molecule has 0 radical (unpaired) electrons. The Bertz CT molecular complexity index is 956. The molecule has 0 aliphatic heterocycles. The van der Waals surface area contributed by atoms with Crippen molar-refractivity contribution < 1.29 is 9.53 Å². The summed E-state index contributed by atoms with van der Waals surface area (Å²) >= 11 is 1.12. The fraction of sp³-hybridized carbons (Fsp3) is 0.588. The van der Waals surface area contributed by atoms with Crippen LogP contribution in [0.3, 0.4) is 0 Å². The first-order valence-electron chi connectivity index (χ1n) is 8.30. The molecule has 2 aromatic rings. The Morgan fingerprint density at radius 1 is 1.15 bits per heavy atom. The van der Waals surface area contributed by atoms with Crippen LogP contribution in [0, 0.1) is 5.41 Å². The van der Waals surface area contributed by atoms with Crippen LogP contribution in [-0.2, 0) is 30.0 Å². The molecule has 0 saturated carbocycles. The summed E-state index contributed by atoms with van der Waals surface area (Å²) in [6.07, 6.45) is 0.569. The molecule has 9 heteroatoms. The molecule has 2 aromatic heterocycles. The number of hydrogen-bond acceptors (Lipinski definition) is 7. The normalized spacial score (nSPS) is 11.8. The average Bonchev–Trinajstić information content (AvgIpc) is 2.54. The third kappa shape index (κ3) is 4.32. The number of carbonyl (C=O) groups is 1. The number of nitrogens with zero attached hydrogens (tertiary/aromatic N) is 4. The van der Waals surface area contributed by atoms with Gasteiger partial charge in [-0.3, -0.25) is 18.7 Å². The molecular weight excluding hydrogens is 356 g/mol. The van der Waals surface area contributed by atoms with Crippen molar-refractivity contribution in [2.45, 2.75) is 39.1 Å². The number of thioether (sulfide) groups is 1. The highest BCUT2D eigenvalue weighted by Gasteiger charge is 2.21. The zero-order valence-electron chi connectivity index (χ0n) is 16.0. The van der Waals surface area contributed by atoms with Crippen LogP contribution in [-0.4, -0.2) is 37.4 Å². The van der Waals surface area contributed by atoms with Gasteiger partial charge in [0.15, 0.2) is 5.65 Å². The molecule has 0 aromatic carbocycles. The first-order chi connectivity index (χ1) is 12.0. The van der Waals surface area contributed by atoms with Crippen molar-refractivity contribution in [3.05, 3.63) is 26.7 Å². The van der Waals surface area contributed by atoms with E-state index in [4.69, 9.17) is 4.74 Å². The zero-order valence-corrected chi connectivity index (χ0v) is 16.8. The monoisotopic (exact) mass is 380 g/mol. The number of hydrogen-bond donors (Lipinski definition) is 0. The van der Waals surface area contributed by atoms with Crippen LogP contribution in [0.2, 0.25) is 0 Å². The van der Waals surface area contributed by atoms with Gasteiger partial charge >= 0.3 is 11.7 Å². The van der Waals surface area contributed by atoms with Crippen LogP contribution in [0.1, 0.15) is 33.5 Å². The van der Waals surface area contributed by atoms with E-state index in [1.807, 2.05) is 0 Å². The lowest BCUT2D eigenvalue weighted by molar-refractivity contribution is -0.139. The summed E-state index contributed by atoms with van der Waals surface area (Å²) < 4.78 is 7.29. The van der Waals surface area contributed by atoms with E-state index >= 15 is 0 Å². The molecule has 0 unspecified atom stereocenters. The summed E-state index contributed by atoms with van der Waals surface area (Å²) in [6, 6.07) is 0. The van der Waals surface area contributed by atoms with Gasteiger partial charge in [0.25, 0.3) is 5.56 Å². The molecule has 0 aliphatic rings. The highest BCUT2D eigenvalue weighted by Crippen LogP contribution is 2.25. The van der Waals surface area contributed by atoms with Crippen molar-refractivity contribution in [3.8, 4) is 0 Å². The number of aromatic nitrogens is 4. The van der Waals surface area contributed by atoms with E-state index in [1.54, 1.807) is 14.0 Å². The maximum Gasteiger partial charge on any atom is 0.332 e. The van der Waals surface area contributed by atoms with Gasteiger partial charge in [0.05, 0.1) is 12.4 Å². The molecule has 2 rings (SSSR count). The standard InChI is InChI=1S/C17H24N4O4S/c1-7-25-11(22)9-26-14-12-13(18-10(19-14)8-17(2,3)4)20(5)16(24)21(6)15(12)23/h7-9H2,1-6H3. The predicted octanol–water partition coefficient (Wildman–Crippen LogP) is 1.27. The molecule has 8 nitrogen and oxygen atoms in total. The van der Waals surface area contributed by atoms with E-state index in [0.29, 0.717) is 17.3 Å². The minimum atomic E-state index is -0.475. The lowest BCUT2D eigenvalue weighted by Gasteiger charge is -2.18. The van der Waals surface area contributed by atoms with Gasteiger partial charge in [-0.1, -0.05) is 32.5 Å². The first-order valence-corrected chi connectivity index (χ1v) is 9.28. The van der Waals surface area contributed by atoms with Crippen molar-refractivity contribution >= 4 is 28.8 Å².